The maximum Gasteiger partial charge on any atom is 0.335 e. The van der Waals surface area contributed by atoms with Crippen LogP contribution in [0, 0.1) is 5.92 Å². The van der Waals surface area contributed by atoms with Gasteiger partial charge in [0.2, 0.25) is 0 Å². The number of aromatic carboxylic acids is 1. The van der Waals surface area contributed by atoms with Crippen LogP contribution in [0.1, 0.15) is 76.7 Å². The van der Waals surface area contributed by atoms with Gasteiger partial charge in [-0.15, -0.1) is 0 Å². The number of hydrogen-bond donors (Lipinski definition) is 3. The van der Waals surface area contributed by atoms with E-state index in [0.29, 0.717) is 48.8 Å². The molecule has 4 atom stereocenters. The number of nitrogens with zero attached hydrogens (tertiary/aromatic N) is 2. The van der Waals surface area contributed by atoms with Crippen LogP contribution in [0.25, 0.3) is 0 Å². The summed E-state index contributed by atoms with van der Waals surface area (Å²) in [4.78, 5) is 42.3. The Hall–Kier alpha value is -4.25. The van der Waals surface area contributed by atoms with Crippen LogP contribution in [-0.2, 0) is 11.3 Å². The molecule has 47 heavy (non-hydrogen) atoms. The summed E-state index contributed by atoms with van der Waals surface area (Å²) in [7, 11) is 1.99. The largest absolute Gasteiger partial charge is 0.490 e. The monoisotopic (exact) mass is 645 g/mol. The first-order chi connectivity index (χ1) is 22.5. The van der Waals surface area contributed by atoms with Crippen LogP contribution in [0.2, 0.25) is 0 Å². The molecule has 2 amide bonds. The summed E-state index contributed by atoms with van der Waals surface area (Å²) < 4.78 is 12.7. The number of anilines is 1. The van der Waals surface area contributed by atoms with Gasteiger partial charge in [0.15, 0.2) is 0 Å². The first-order valence-electron chi connectivity index (χ1n) is 16.3. The highest BCUT2D eigenvalue weighted by atomic mass is 16.5. The van der Waals surface area contributed by atoms with Crippen LogP contribution in [-0.4, -0.2) is 89.4 Å². The molecule has 10 nitrogen and oxygen atoms in total. The molecule has 1 aliphatic rings. The maximum atomic E-state index is 14.3. The van der Waals surface area contributed by atoms with Crippen molar-refractivity contribution in [1.29, 1.82) is 0 Å². The molecular weight excluding hydrogens is 598 g/mol. The van der Waals surface area contributed by atoms with Crippen LogP contribution in [0.4, 0.5) is 5.69 Å². The number of benzene rings is 3. The Balaban J connectivity index is 1.59. The fraction of sp³-hybridized carbons (Fsp3) is 0.432. The van der Waals surface area contributed by atoms with Crippen LogP contribution >= 0.6 is 0 Å². The number of likely N-dealkylation sites (N-methyl/N-ethyl adjacent to an activating group) is 1. The van der Waals surface area contributed by atoms with Crippen LogP contribution in [0.15, 0.2) is 72.8 Å². The Morgan fingerprint density at radius 3 is 2.43 bits per heavy atom. The normalized spacial score (nSPS) is 20.1. The Kier molecular flexibility index (Phi) is 12.9. The second kappa shape index (κ2) is 17.1. The fourth-order valence-electron chi connectivity index (χ4n) is 5.69. The highest BCUT2D eigenvalue weighted by molar-refractivity contribution is 6.05. The van der Waals surface area contributed by atoms with Crippen molar-refractivity contribution < 1.29 is 34.1 Å². The topological polar surface area (TPSA) is 129 Å². The molecule has 3 aromatic rings. The summed E-state index contributed by atoms with van der Waals surface area (Å²) in [6, 6.07) is 20.3. The van der Waals surface area contributed by atoms with Gasteiger partial charge in [-0.25, -0.2) is 4.79 Å². The molecule has 10 heteroatoms. The second-order valence-electron chi connectivity index (χ2n) is 12.5. The third kappa shape index (κ3) is 10.1. The number of ether oxygens (including phenoxy) is 2. The van der Waals surface area contributed by atoms with E-state index in [2.05, 4.69) is 10.2 Å². The zero-order valence-electron chi connectivity index (χ0n) is 27.7. The highest BCUT2D eigenvalue weighted by Crippen LogP contribution is 2.29. The molecule has 0 bridgehead atoms. The minimum Gasteiger partial charge on any atom is -0.490 e. The van der Waals surface area contributed by atoms with Crippen LogP contribution in [0.5, 0.6) is 5.75 Å². The average molecular weight is 646 g/mol. The van der Waals surface area contributed by atoms with Gasteiger partial charge in [0, 0.05) is 43.4 Å². The second-order valence-corrected chi connectivity index (χ2v) is 12.5. The summed E-state index contributed by atoms with van der Waals surface area (Å²) in [5, 5.41) is 22.4. The molecule has 1 heterocycles. The van der Waals surface area contributed by atoms with Gasteiger partial charge in [-0.1, -0.05) is 37.3 Å². The molecule has 1 aliphatic heterocycles. The number of carbonyl (C=O) groups excluding carboxylic acids is 2. The van der Waals surface area contributed by atoms with Crippen LogP contribution in [0.3, 0.4) is 0 Å². The molecule has 4 rings (SSSR count). The van der Waals surface area contributed by atoms with Crippen molar-refractivity contribution in [2.24, 2.45) is 5.92 Å². The lowest BCUT2D eigenvalue weighted by Gasteiger charge is -2.36. The van der Waals surface area contributed by atoms with Crippen LogP contribution < -0.4 is 10.1 Å². The fourth-order valence-corrected chi connectivity index (χ4v) is 5.69. The van der Waals surface area contributed by atoms with Gasteiger partial charge in [-0.3, -0.25) is 14.5 Å². The highest BCUT2D eigenvalue weighted by Gasteiger charge is 2.30. The average Bonchev–Trinajstić information content (AvgIpc) is 3.06. The lowest BCUT2D eigenvalue weighted by atomic mass is 10.0. The third-order valence-electron chi connectivity index (χ3n) is 8.49. The molecule has 252 valence electrons. The molecule has 3 aromatic carbocycles. The van der Waals surface area contributed by atoms with Gasteiger partial charge in [-0.05, 0) is 88.2 Å². The van der Waals surface area contributed by atoms with Gasteiger partial charge in [0.1, 0.15) is 5.75 Å². The summed E-state index contributed by atoms with van der Waals surface area (Å²) in [6.45, 7) is 7.67. The van der Waals surface area contributed by atoms with Crippen molar-refractivity contribution in [2.75, 3.05) is 38.7 Å². The Morgan fingerprint density at radius 1 is 1.02 bits per heavy atom. The summed E-state index contributed by atoms with van der Waals surface area (Å²) >= 11 is 0. The summed E-state index contributed by atoms with van der Waals surface area (Å²) in [5.41, 5.74) is 2.51. The predicted molar refractivity (Wildman–Crippen MR) is 181 cm³/mol. The molecule has 0 fully saturated rings. The van der Waals surface area contributed by atoms with Crippen molar-refractivity contribution in [3.63, 3.8) is 0 Å². The van der Waals surface area contributed by atoms with E-state index in [1.807, 2.05) is 39.1 Å². The van der Waals surface area contributed by atoms with Gasteiger partial charge >= 0.3 is 5.97 Å². The van der Waals surface area contributed by atoms with Gasteiger partial charge in [-0.2, -0.15) is 0 Å². The number of hydrogen-bond acceptors (Lipinski definition) is 7. The first kappa shape index (κ1) is 35.6. The molecular formula is C37H47N3O7. The van der Waals surface area contributed by atoms with E-state index in [1.54, 1.807) is 66.4 Å². The van der Waals surface area contributed by atoms with E-state index in [1.165, 1.54) is 0 Å². The quantitative estimate of drug-likeness (QED) is 0.276. The first-order valence-corrected chi connectivity index (χ1v) is 16.3. The molecule has 0 radical (unpaired) electrons. The third-order valence-corrected chi connectivity index (χ3v) is 8.49. The number of nitrogens with one attached hydrogen (secondary N) is 1. The summed E-state index contributed by atoms with van der Waals surface area (Å²) in [5.74, 6) is -1.22. The van der Waals surface area contributed by atoms with E-state index in [9.17, 15) is 24.6 Å². The lowest BCUT2D eigenvalue weighted by Crippen LogP contribution is -2.47. The maximum absolute atomic E-state index is 14.3. The zero-order chi connectivity index (χ0) is 33.9. The minimum absolute atomic E-state index is 0.100. The number of aliphatic hydroxyl groups is 1. The van der Waals surface area contributed by atoms with Crippen molar-refractivity contribution in [3.8, 4) is 5.75 Å². The van der Waals surface area contributed by atoms with E-state index in [0.717, 1.165) is 24.8 Å². The Labute approximate surface area is 277 Å². The predicted octanol–water partition coefficient (Wildman–Crippen LogP) is 5.56. The Bertz CT molecular complexity index is 1480. The standard InChI is InChI=1S/C37H47N3O7/c1-25-21-40(26(2)24-41)36(43)32-20-31(38-35(42)29-11-6-5-7-12-29)17-18-33(32)47-27(3)10-8-9-19-46-34(25)23-39(4)22-28-13-15-30(16-14-28)37(44)45/h5-7,11-18,20,25-27,34,41H,8-10,19,21-24H2,1-4H3,(H,38,42)(H,44,45)/t25-,26-,27+,34-/m1/s1. The molecule has 0 spiro atoms. The molecule has 0 saturated carbocycles. The van der Waals surface area contributed by atoms with Gasteiger partial charge in [0.25, 0.3) is 11.8 Å². The minimum atomic E-state index is -0.959. The molecule has 0 aromatic heterocycles. The Morgan fingerprint density at radius 2 is 1.74 bits per heavy atom. The number of carboxylic acids is 1. The number of rotatable bonds is 9. The van der Waals surface area contributed by atoms with E-state index in [-0.39, 0.29) is 42.1 Å². The van der Waals surface area contributed by atoms with Crippen molar-refractivity contribution in [1.82, 2.24) is 9.80 Å². The lowest BCUT2D eigenvalue weighted by molar-refractivity contribution is -0.0177. The molecule has 0 saturated heterocycles. The number of carboxylic acid groups (broad SMARTS) is 1. The van der Waals surface area contributed by atoms with Crippen molar-refractivity contribution in [2.45, 2.75) is 64.8 Å². The van der Waals surface area contributed by atoms with Crippen molar-refractivity contribution in [3.05, 3.63) is 95.1 Å². The zero-order valence-corrected chi connectivity index (χ0v) is 27.7. The number of amides is 2. The molecule has 0 unspecified atom stereocenters. The van der Waals surface area contributed by atoms with E-state index >= 15 is 0 Å². The molecule has 3 N–H and O–H groups in total. The van der Waals surface area contributed by atoms with Gasteiger partial charge in [0.05, 0.1) is 36.0 Å². The van der Waals surface area contributed by atoms with E-state index < -0.39 is 12.0 Å². The van der Waals surface area contributed by atoms with Crippen molar-refractivity contribution >= 4 is 23.5 Å². The molecule has 0 aliphatic carbocycles. The smallest absolute Gasteiger partial charge is 0.335 e. The number of aliphatic hydroxyl groups excluding tert-OH is 1. The summed E-state index contributed by atoms with van der Waals surface area (Å²) in [6.07, 6.45) is 2.13. The number of fused-ring (bicyclic) bond motifs is 1. The SMILES string of the molecule is C[C@@H]1CN([C@H](C)CO)C(=O)c2cc(NC(=O)c3ccccc3)ccc2O[C@@H](C)CCCCO[C@@H]1CN(C)Cc1ccc(C(=O)O)cc1. The van der Waals surface area contributed by atoms with E-state index in [4.69, 9.17) is 9.47 Å². The van der Waals surface area contributed by atoms with Gasteiger partial charge < -0.3 is 29.9 Å². The number of carbonyl (C=O) groups is 3.